The van der Waals surface area contributed by atoms with Crippen molar-refractivity contribution < 1.29 is 20.1 Å². The summed E-state index contributed by atoms with van der Waals surface area (Å²) in [5.41, 5.74) is 0.895. The third-order valence-corrected chi connectivity index (χ3v) is 8.74. The summed E-state index contributed by atoms with van der Waals surface area (Å²) in [6.45, 7) is 7.23. The van der Waals surface area contributed by atoms with E-state index in [2.05, 4.69) is 16.3 Å². The van der Waals surface area contributed by atoms with Crippen molar-refractivity contribution in [1.82, 2.24) is 10.2 Å². The van der Waals surface area contributed by atoms with Crippen LogP contribution in [0.4, 0.5) is 0 Å². The molecule has 0 aromatic heterocycles. The van der Waals surface area contributed by atoms with Crippen LogP contribution >= 0.6 is 0 Å². The number of aromatic hydroxyl groups is 1. The quantitative estimate of drug-likeness (QED) is 0.461. The van der Waals surface area contributed by atoms with Crippen LogP contribution in [0.3, 0.4) is 0 Å². The second kappa shape index (κ2) is 8.24. The third kappa shape index (κ3) is 3.88. The molecule has 4 N–H and O–H groups in total. The zero-order chi connectivity index (χ0) is 22.6. The minimum absolute atomic E-state index is 0.00555. The van der Waals surface area contributed by atoms with Crippen LogP contribution < -0.4 is 5.32 Å². The summed E-state index contributed by atoms with van der Waals surface area (Å²) in [5.74, 6) is 1.11. The molecule has 0 radical (unpaired) electrons. The molecule has 2 bridgehead atoms. The van der Waals surface area contributed by atoms with Gasteiger partial charge in [0.25, 0.3) is 0 Å². The average molecular weight is 445 g/mol. The molecule has 1 heterocycles. The summed E-state index contributed by atoms with van der Waals surface area (Å²) >= 11 is 0. The van der Waals surface area contributed by atoms with Gasteiger partial charge in [0.15, 0.2) is 0 Å². The Morgan fingerprint density at radius 1 is 1.22 bits per heavy atom. The van der Waals surface area contributed by atoms with Crippen LogP contribution in [0.1, 0.15) is 63.5 Å². The number of phenolic OH excluding ortho intramolecular Hbond substituents is 1. The minimum Gasteiger partial charge on any atom is -0.508 e. The maximum absolute atomic E-state index is 12.3. The van der Waals surface area contributed by atoms with E-state index in [1.807, 2.05) is 19.9 Å². The number of piperidine rings is 1. The van der Waals surface area contributed by atoms with Crippen LogP contribution in [0.5, 0.6) is 5.75 Å². The van der Waals surface area contributed by atoms with Crippen LogP contribution in [-0.2, 0) is 16.6 Å². The highest BCUT2D eigenvalue weighted by Crippen LogP contribution is 2.58. The fraction of sp³-hybridized carbons (Fsp3) is 0.769. The summed E-state index contributed by atoms with van der Waals surface area (Å²) in [6, 6.07) is 6.30. The van der Waals surface area contributed by atoms with Crippen molar-refractivity contribution >= 4 is 0 Å². The Labute approximate surface area is 192 Å². The Morgan fingerprint density at radius 3 is 2.78 bits per heavy atom. The highest BCUT2D eigenvalue weighted by Gasteiger charge is 2.64. The number of benzene rings is 1. The Morgan fingerprint density at radius 2 is 2.03 bits per heavy atom. The van der Waals surface area contributed by atoms with Crippen LogP contribution in [0, 0.1) is 5.92 Å². The van der Waals surface area contributed by atoms with Crippen LogP contribution in [0.15, 0.2) is 18.2 Å². The number of ether oxygens (including phenoxy) is 1. The lowest BCUT2D eigenvalue weighted by atomic mass is 9.49. The van der Waals surface area contributed by atoms with Crippen LogP contribution in [0.2, 0.25) is 0 Å². The van der Waals surface area contributed by atoms with Crippen molar-refractivity contribution in [2.75, 3.05) is 32.8 Å². The van der Waals surface area contributed by atoms with Gasteiger partial charge >= 0.3 is 0 Å². The molecular formula is C26H40N2O4. The lowest BCUT2D eigenvalue weighted by Crippen LogP contribution is -2.74. The van der Waals surface area contributed by atoms with E-state index in [1.54, 1.807) is 6.07 Å². The highest BCUT2D eigenvalue weighted by atomic mass is 16.5. The van der Waals surface area contributed by atoms with Gasteiger partial charge in [-0.2, -0.15) is 0 Å². The van der Waals surface area contributed by atoms with Crippen molar-refractivity contribution in [1.29, 1.82) is 0 Å². The molecule has 5 rings (SSSR count). The molecule has 178 valence electrons. The predicted octanol–water partition coefficient (Wildman–Crippen LogP) is 2.33. The van der Waals surface area contributed by atoms with E-state index in [-0.39, 0.29) is 18.1 Å². The van der Waals surface area contributed by atoms with E-state index >= 15 is 0 Å². The number of nitrogens with one attached hydrogen (secondary N) is 1. The lowest BCUT2D eigenvalue weighted by molar-refractivity contribution is -0.171. The summed E-state index contributed by atoms with van der Waals surface area (Å²) < 4.78 is 5.80. The van der Waals surface area contributed by atoms with Gasteiger partial charge in [-0.3, -0.25) is 4.90 Å². The second-order valence-corrected chi connectivity index (χ2v) is 11.4. The number of aliphatic hydroxyl groups is 2. The van der Waals surface area contributed by atoms with Gasteiger partial charge in [0, 0.05) is 30.6 Å². The third-order valence-electron chi connectivity index (χ3n) is 8.74. The number of aliphatic hydroxyl groups excluding tert-OH is 1. The largest absolute Gasteiger partial charge is 0.508 e. The van der Waals surface area contributed by atoms with Gasteiger partial charge in [-0.05, 0) is 94.5 Å². The second-order valence-electron chi connectivity index (χ2n) is 11.4. The fourth-order valence-electron chi connectivity index (χ4n) is 6.76. The molecule has 3 aliphatic carbocycles. The van der Waals surface area contributed by atoms with E-state index in [9.17, 15) is 15.3 Å². The van der Waals surface area contributed by atoms with Gasteiger partial charge in [-0.1, -0.05) is 6.07 Å². The molecule has 0 spiro atoms. The number of rotatable bonds is 8. The summed E-state index contributed by atoms with van der Waals surface area (Å²) in [4.78, 5) is 2.59. The fourth-order valence-corrected chi connectivity index (χ4v) is 6.76. The molecule has 6 heteroatoms. The molecule has 1 aromatic carbocycles. The van der Waals surface area contributed by atoms with E-state index in [0.29, 0.717) is 18.4 Å². The van der Waals surface area contributed by atoms with Crippen LogP contribution in [0.25, 0.3) is 0 Å². The first-order valence-electron chi connectivity index (χ1n) is 12.5. The van der Waals surface area contributed by atoms with Crippen molar-refractivity contribution in [3.05, 3.63) is 29.3 Å². The maximum Gasteiger partial charge on any atom is 0.115 e. The summed E-state index contributed by atoms with van der Waals surface area (Å²) in [7, 11) is 0. The van der Waals surface area contributed by atoms with Crippen molar-refractivity contribution in [2.24, 2.45) is 5.92 Å². The monoisotopic (exact) mass is 444 g/mol. The Kier molecular flexibility index (Phi) is 5.82. The molecule has 2 saturated carbocycles. The molecule has 4 aliphatic rings. The van der Waals surface area contributed by atoms with Crippen molar-refractivity contribution in [2.45, 2.75) is 87.5 Å². The summed E-state index contributed by atoms with van der Waals surface area (Å²) in [6.07, 6.45) is 7.10. The summed E-state index contributed by atoms with van der Waals surface area (Å²) in [5, 5.41) is 35.7. The first-order valence-corrected chi connectivity index (χ1v) is 12.5. The topological polar surface area (TPSA) is 85.2 Å². The number of nitrogens with zero attached hydrogens (tertiary/aromatic N) is 1. The van der Waals surface area contributed by atoms with Gasteiger partial charge in [-0.25, -0.2) is 0 Å². The number of hydrogen-bond acceptors (Lipinski definition) is 6. The van der Waals surface area contributed by atoms with E-state index < -0.39 is 11.2 Å². The lowest BCUT2D eigenvalue weighted by Gasteiger charge is -2.65. The average Bonchev–Trinajstić information content (AvgIpc) is 3.58. The predicted molar refractivity (Wildman–Crippen MR) is 124 cm³/mol. The van der Waals surface area contributed by atoms with Gasteiger partial charge < -0.3 is 25.4 Å². The Bertz CT molecular complexity index is 841. The molecule has 0 amide bonds. The molecule has 3 unspecified atom stereocenters. The minimum atomic E-state index is -0.742. The molecule has 32 heavy (non-hydrogen) atoms. The van der Waals surface area contributed by atoms with Gasteiger partial charge in [0.05, 0.1) is 24.4 Å². The van der Waals surface area contributed by atoms with E-state index in [0.717, 1.165) is 57.7 Å². The smallest absolute Gasteiger partial charge is 0.115 e. The normalized spacial score (nSPS) is 34.8. The molecule has 3 fully saturated rings. The molecule has 1 aliphatic heterocycles. The van der Waals surface area contributed by atoms with Crippen molar-refractivity contribution in [3.8, 4) is 5.75 Å². The SMILES string of the molecule is CC(C)(CO)OCCN[C@@H]1CCC2(O)C3Cc4ccc(O)cc4C2(CCN3CC2CC2)C1. The van der Waals surface area contributed by atoms with Gasteiger partial charge in [0.2, 0.25) is 0 Å². The number of hydrogen-bond donors (Lipinski definition) is 4. The maximum atomic E-state index is 12.3. The Hall–Kier alpha value is -1.18. The standard InChI is InChI=1S/C26H40N2O4/c1-24(2,17-29)32-12-10-27-20-7-8-26(31)23-13-19-5-6-21(30)14-22(19)25(26,15-20)9-11-28(23)16-18-3-4-18/h5-6,14,18,20,23,27,29-31H,3-4,7-13,15-17H2,1-2H3/t20-,23?,25?,26?/m1/s1. The molecule has 4 atom stereocenters. The number of likely N-dealkylation sites (tertiary alicyclic amines) is 1. The number of fused-ring (bicyclic) bond motifs is 1. The Balaban J connectivity index is 1.37. The van der Waals surface area contributed by atoms with Gasteiger partial charge in [0.1, 0.15) is 5.75 Å². The van der Waals surface area contributed by atoms with E-state index in [1.165, 1.54) is 24.0 Å². The molecule has 1 saturated heterocycles. The molecular weight excluding hydrogens is 404 g/mol. The first kappa shape index (κ1) is 22.6. The first-order chi connectivity index (χ1) is 15.3. The van der Waals surface area contributed by atoms with E-state index in [4.69, 9.17) is 4.74 Å². The van der Waals surface area contributed by atoms with Crippen molar-refractivity contribution in [3.63, 3.8) is 0 Å². The highest BCUT2D eigenvalue weighted by molar-refractivity contribution is 5.48. The zero-order valence-corrected chi connectivity index (χ0v) is 19.6. The van der Waals surface area contributed by atoms with Gasteiger partial charge in [-0.15, -0.1) is 0 Å². The van der Waals surface area contributed by atoms with Crippen LogP contribution in [-0.4, -0.2) is 76.4 Å². The molecule has 1 aromatic rings. The molecule has 6 nitrogen and oxygen atoms in total. The zero-order valence-electron chi connectivity index (χ0n) is 19.6. The number of phenols is 1.